The third kappa shape index (κ3) is 7.65. The first-order valence-corrected chi connectivity index (χ1v) is 15.0. The molecule has 1 aromatic heterocycles. The fourth-order valence-corrected chi connectivity index (χ4v) is 5.52. The monoisotopic (exact) mass is 676 g/mol. The lowest BCUT2D eigenvalue weighted by atomic mass is 10.1. The number of amides is 3. The summed E-state index contributed by atoms with van der Waals surface area (Å²) in [7, 11) is 0. The molecule has 3 aromatic carbocycles. The molecule has 1 fully saturated rings. The zero-order valence-corrected chi connectivity index (χ0v) is 25.8. The van der Waals surface area contributed by atoms with Gasteiger partial charge in [0.2, 0.25) is 5.91 Å². The Bertz CT molecular complexity index is 1840. The van der Waals surface area contributed by atoms with Crippen LogP contribution in [0, 0.1) is 13.8 Å². The van der Waals surface area contributed by atoms with Crippen LogP contribution in [-0.2, 0) is 28.5 Å². The Hall–Kier alpha value is -4.70. The molecule has 1 aliphatic rings. The highest BCUT2D eigenvalue weighted by molar-refractivity contribution is 8.15. The molecule has 3 amide bonds. The molecule has 47 heavy (non-hydrogen) atoms. The number of anilines is 2. The number of thioether (sulfide) groups is 1. The SMILES string of the molecule is CCOCc1ccc(C)cc1N1C(=O)CSC1=NC(=O)Nc1ccc(-c2ncn(-c3cc(C(F)(F)F)cc(C(F)(F)F)c3)n2)cc1C. The predicted octanol–water partition coefficient (Wildman–Crippen LogP) is 7.79. The molecule has 2 heterocycles. The molecule has 4 aromatic rings. The molecule has 16 heteroatoms. The van der Waals surface area contributed by atoms with Crippen LogP contribution in [0.25, 0.3) is 17.1 Å². The maximum absolute atomic E-state index is 13.3. The average molecular weight is 677 g/mol. The van der Waals surface area contributed by atoms with Crippen molar-refractivity contribution in [3.05, 3.63) is 88.7 Å². The number of aryl methyl sites for hydroxylation is 2. The quantitative estimate of drug-likeness (QED) is 0.201. The molecular formula is C31H26F6N6O3S. The standard InChI is InChI=1S/C31H26F6N6O3S/c1-4-46-14-20-6-5-17(2)9-25(20)43-26(44)15-47-29(43)40-28(45)39-24-8-7-19(10-18(24)3)27-38-16-42(41-27)23-12-21(30(32,33)34)11-22(13-23)31(35,36)37/h5-13,16H,4,14-15H2,1-3H3,(H,39,45). The lowest BCUT2D eigenvalue weighted by Crippen LogP contribution is -2.31. The first-order chi connectivity index (χ1) is 22.1. The number of nitrogens with one attached hydrogen (secondary N) is 1. The minimum absolute atomic E-state index is 0.0229. The van der Waals surface area contributed by atoms with Gasteiger partial charge in [-0.25, -0.2) is 14.5 Å². The van der Waals surface area contributed by atoms with Gasteiger partial charge in [0, 0.05) is 23.4 Å². The summed E-state index contributed by atoms with van der Waals surface area (Å²) in [5.41, 5.74) is 0.102. The highest BCUT2D eigenvalue weighted by Crippen LogP contribution is 2.37. The van der Waals surface area contributed by atoms with Crippen LogP contribution in [-0.4, -0.2) is 44.2 Å². The van der Waals surface area contributed by atoms with Crippen molar-refractivity contribution in [2.45, 2.75) is 39.7 Å². The minimum atomic E-state index is -5.01. The summed E-state index contributed by atoms with van der Waals surface area (Å²) < 4.78 is 86.3. The fourth-order valence-electron chi connectivity index (χ4n) is 4.66. The van der Waals surface area contributed by atoms with Gasteiger partial charge in [-0.3, -0.25) is 9.69 Å². The molecular weight excluding hydrogens is 650 g/mol. The van der Waals surface area contributed by atoms with Crippen molar-refractivity contribution < 1.29 is 40.7 Å². The van der Waals surface area contributed by atoms with Crippen molar-refractivity contribution >= 4 is 40.2 Å². The summed E-state index contributed by atoms with van der Waals surface area (Å²) in [4.78, 5) is 35.4. The highest BCUT2D eigenvalue weighted by atomic mass is 32.2. The number of rotatable bonds is 7. The van der Waals surface area contributed by atoms with Crippen molar-refractivity contribution in [3.8, 4) is 17.1 Å². The number of carbonyl (C=O) groups is 2. The number of halogens is 6. The second-order valence-electron chi connectivity index (χ2n) is 10.4. The van der Waals surface area contributed by atoms with Gasteiger partial charge in [-0.15, -0.1) is 5.10 Å². The van der Waals surface area contributed by atoms with Crippen LogP contribution in [0.1, 0.15) is 34.7 Å². The largest absolute Gasteiger partial charge is 0.416 e. The summed E-state index contributed by atoms with van der Waals surface area (Å²) in [6, 6.07) is 10.6. The molecule has 1 N–H and O–H groups in total. The second-order valence-corrected chi connectivity index (χ2v) is 11.4. The van der Waals surface area contributed by atoms with Gasteiger partial charge in [-0.05, 0) is 74.4 Å². The van der Waals surface area contributed by atoms with E-state index in [9.17, 15) is 35.9 Å². The predicted molar refractivity (Wildman–Crippen MR) is 164 cm³/mol. The maximum atomic E-state index is 13.3. The molecule has 0 atom stereocenters. The van der Waals surface area contributed by atoms with E-state index in [1.54, 1.807) is 13.0 Å². The number of nitrogens with zero attached hydrogens (tertiary/aromatic N) is 5. The van der Waals surface area contributed by atoms with Gasteiger partial charge in [0.1, 0.15) is 6.33 Å². The lowest BCUT2D eigenvalue weighted by Gasteiger charge is -2.20. The Kier molecular flexibility index (Phi) is 9.45. The average Bonchev–Trinajstić information content (AvgIpc) is 3.63. The zero-order valence-electron chi connectivity index (χ0n) is 25.0. The van der Waals surface area contributed by atoms with E-state index in [-0.39, 0.29) is 35.3 Å². The number of aliphatic imine (C=N–C) groups is 1. The van der Waals surface area contributed by atoms with Gasteiger partial charge < -0.3 is 10.1 Å². The second kappa shape index (κ2) is 13.2. The van der Waals surface area contributed by atoms with Crippen molar-refractivity contribution in [1.29, 1.82) is 0 Å². The normalized spacial score (nSPS) is 14.7. The van der Waals surface area contributed by atoms with Crippen molar-refractivity contribution in [2.75, 3.05) is 22.6 Å². The Morgan fingerprint density at radius 3 is 2.34 bits per heavy atom. The van der Waals surface area contributed by atoms with Crippen LogP contribution >= 0.6 is 11.8 Å². The van der Waals surface area contributed by atoms with Gasteiger partial charge in [-0.2, -0.15) is 31.3 Å². The third-order valence-electron chi connectivity index (χ3n) is 6.96. The molecule has 0 radical (unpaired) electrons. The van der Waals surface area contributed by atoms with Crippen molar-refractivity contribution in [1.82, 2.24) is 14.8 Å². The summed E-state index contributed by atoms with van der Waals surface area (Å²) in [5.74, 6) is -0.119. The van der Waals surface area contributed by atoms with E-state index < -0.39 is 35.2 Å². The number of amidine groups is 1. The number of aromatic nitrogens is 3. The van der Waals surface area contributed by atoms with Crippen LogP contribution in [0.15, 0.2) is 65.9 Å². The van der Waals surface area contributed by atoms with Gasteiger partial charge in [0.05, 0.1) is 34.9 Å². The van der Waals surface area contributed by atoms with Crippen LogP contribution in [0.4, 0.5) is 42.5 Å². The van der Waals surface area contributed by atoms with Crippen molar-refractivity contribution in [3.63, 3.8) is 0 Å². The van der Waals surface area contributed by atoms with E-state index in [1.807, 2.05) is 32.0 Å². The van der Waals surface area contributed by atoms with Gasteiger partial charge >= 0.3 is 18.4 Å². The number of hydrogen-bond acceptors (Lipinski definition) is 6. The topological polar surface area (TPSA) is 102 Å². The molecule has 5 rings (SSSR count). The molecule has 1 saturated heterocycles. The van der Waals surface area contributed by atoms with Crippen LogP contribution < -0.4 is 10.2 Å². The summed E-state index contributed by atoms with van der Waals surface area (Å²) in [6.45, 7) is 6.16. The number of hydrogen-bond donors (Lipinski definition) is 1. The molecule has 1 aliphatic heterocycles. The zero-order chi connectivity index (χ0) is 34.1. The lowest BCUT2D eigenvalue weighted by molar-refractivity contribution is -0.143. The Labute approximate surface area is 268 Å². The molecule has 246 valence electrons. The Morgan fingerprint density at radius 1 is 1.00 bits per heavy atom. The molecule has 0 saturated carbocycles. The molecule has 0 spiro atoms. The first-order valence-electron chi connectivity index (χ1n) is 14.0. The van der Waals surface area contributed by atoms with Gasteiger partial charge in [-0.1, -0.05) is 23.9 Å². The number of alkyl halides is 6. The van der Waals surface area contributed by atoms with E-state index in [2.05, 4.69) is 20.4 Å². The third-order valence-corrected chi connectivity index (χ3v) is 7.88. The van der Waals surface area contributed by atoms with Crippen LogP contribution in [0.3, 0.4) is 0 Å². The van der Waals surface area contributed by atoms with Crippen LogP contribution in [0.2, 0.25) is 0 Å². The highest BCUT2D eigenvalue weighted by Gasteiger charge is 2.37. The van der Waals surface area contributed by atoms with Crippen LogP contribution in [0.5, 0.6) is 0 Å². The van der Waals surface area contributed by atoms with Crippen molar-refractivity contribution in [2.24, 2.45) is 4.99 Å². The minimum Gasteiger partial charge on any atom is -0.377 e. The summed E-state index contributed by atoms with van der Waals surface area (Å²) in [6.07, 6.45) is -9.02. The Morgan fingerprint density at radius 2 is 1.70 bits per heavy atom. The number of benzene rings is 3. The smallest absolute Gasteiger partial charge is 0.377 e. The molecule has 0 bridgehead atoms. The summed E-state index contributed by atoms with van der Waals surface area (Å²) >= 11 is 1.12. The fraction of sp³-hybridized carbons (Fsp3) is 0.258. The molecule has 0 aliphatic carbocycles. The Balaban J connectivity index is 1.36. The number of urea groups is 1. The summed E-state index contributed by atoms with van der Waals surface area (Å²) in [5, 5.41) is 6.96. The maximum Gasteiger partial charge on any atom is 0.416 e. The first kappa shape index (κ1) is 33.7. The van der Waals surface area contributed by atoms with Gasteiger partial charge in [0.15, 0.2) is 11.0 Å². The number of carbonyl (C=O) groups excluding carboxylic acids is 2. The van der Waals surface area contributed by atoms with E-state index in [0.717, 1.165) is 33.9 Å². The van der Waals surface area contributed by atoms with E-state index in [0.29, 0.717) is 41.2 Å². The van der Waals surface area contributed by atoms with E-state index >= 15 is 0 Å². The molecule has 0 unspecified atom stereocenters. The molecule has 9 nitrogen and oxygen atoms in total. The van der Waals surface area contributed by atoms with Gasteiger partial charge in [0.25, 0.3) is 0 Å². The van der Waals surface area contributed by atoms with E-state index in [4.69, 9.17) is 4.74 Å². The number of ether oxygens (including phenoxy) is 1. The van der Waals surface area contributed by atoms with E-state index in [1.165, 1.54) is 17.0 Å².